The zero-order valence-corrected chi connectivity index (χ0v) is 20.6. The van der Waals surface area contributed by atoms with Crippen LogP contribution in [0.3, 0.4) is 0 Å². The van der Waals surface area contributed by atoms with Gasteiger partial charge in [0.1, 0.15) is 18.2 Å². The topological polar surface area (TPSA) is 88.6 Å². The van der Waals surface area contributed by atoms with Crippen LogP contribution in [0.4, 0.5) is 5.82 Å². The molecule has 7 nitrogen and oxygen atoms in total. The number of anilines is 1. The number of nitrogens with one attached hydrogen (secondary N) is 1. The lowest BCUT2D eigenvalue weighted by atomic mass is 10.2. The van der Waals surface area contributed by atoms with E-state index < -0.39 is 15.9 Å². The minimum absolute atomic E-state index is 0.109. The first-order valence-corrected chi connectivity index (χ1v) is 12.5. The van der Waals surface area contributed by atoms with E-state index >= 15 is 0 Å². The van der Waals surface area contributed by atoms with Gasteiger partial charge >= 0.3 is 0 Å². The fourth-order valence-corrected chi connectivity index (χ4v) is 4.26. The first-order valence-electron chi connectivity index (χ1n) is 9.65. The Balaban J connectivity index is 2.18. The zero-order valence-electron chi connectivity index (χ0n) is 17.4. The number of benzene rings is 1. The number of nitrogens with zero attached hydrogens (tertiary/aromatic N) is 2. The predicted molar refractivity (Wildman–Crippen MR) is 127 cm³/mol. The number of hydrogen-bond acceptors (Lipinski definition) is 6. The molecule has 0 fully saturated rings. The molecule has 2 rings (SSSR count). The maximum absolute atomic E-state index is 12.2. The molecule has 0 bridgehead atoms. The number of sulfonamides is 1. The van der Waals surface area contributed by atoms with Gasteiger partial charge in [0.25, 0.3) is 5.91 Å². The van der Waals surface area contributed by atoms with Crippen molar-refractivity contribution >= 4 is 49.3 Å². The van der Waals surface area contributed by atoms with Crippen molar-refractivity contribution in [3.05, 3.63) is 63.7 Å². The third-order valence-corrected chi connectivity index (χ3v) is 6.25. The lowest BCUT2D eigenvalue weighted by molar-refractivity contribution is 0.0981. The fourth-order valence-electron chi connectivity index (χ4n) is 2.76. The number of carbonyl (C=O) groups excluding carboxylic acids is 1. The second-order valence-corrected chi connectivity index (χ2v) is 10.0. The van der Waals surface area contributed by atoms with Crippen LogP contribution in [-0.2, 0) is 16.6 Å². The van der Waals surface area contributed by atoms with E-state index in [1.807, 2.05) is 30.0 Å². The first-order chi connectivity index (χ1) is 14.6. The lowest BCUT2D eigenvalue weighted by Gasteiger charge is -2.23. The molecule has 0 saturated heterocycles. The second kappa shape index (κ2) is 11.5. The number of pyridine rings is 1. The Labute approximate surface area is 196 Å². The highest BCUT2D eigenvalue weighted by Gasteiger charge is 2.17. The summed E-state index contributed by atoms with van der Waals surface area (Å²) in [5, 5.41) is 0.401. The Morgan fingerprint density at radius 3 is 2.61 bits per heavy atom. The molecule has 0 radical (unpaired) electrons. The van der Waals surface area contributed by atoms with E-state index in [0.717, 1.165) is 10.0 Å². The summed E-state index contributed by atoms with van der Waals surface area (Å²) < 4.78 is 32.3. The van der Waals surface area contributed by atoms with Crippen LogP contribution in [0.5, 0.6) is 5.75 Å². The fraction of sp³-hybridized carbons (Fsp3) is 0.333. The Bertz CT molecular complexity index is 1030. The lowest BCUT2D eigenvalue weighted by Crippen LogP contribution is -2.32. The van der Waals surface area contributed by atoms with Crippen LogP contribution in [0.1, 0.15) is 36.2 Å². The molecule has 1 amide bonds. The summed E-state index contributed by atoms with van der Waals surface area (Å²) in [6, 6.07) is 8.92. The van der Waals surface area contributed by atoms with Crippen LogP contribution in [0.2, 0.25) is 0 Å². The molecular weight excluding hydrogens is 506 g/mol. The van der Waals surface area contributed by atoms with Crippen LogP contribution < -0.4 is 14.4 Å². The Kier molecular flexibility index (Phi) is 9.33. The van der Waals surface area contributed by atoms with Gasteiger partial charge in [0.2, 0.25) is 10.0 Å². The average Bonchev–Trinajstić information content (AvgIpc) is 2.71. The molecule has 1 N–H and O–H groups in total. The summed E-state index contributed by atoms with van der Waals surface area (Å²) >= 11 is 9.30. The number of halogens is 2. The van der Waals surface area contributed by atoms with Gasteiger partial charge in [0.05, 0.1) is 11.3 Å². The van der Waals surface area contributed by atoms with Crippen molar-refractivity contribution in [1.29, 1.82) is 0 Å². The Hall–Kier alpha value is -2.10. The van der Waals surface area contributed by atoms with E-state index in [1.54, 1.807) is 19.1 Å². The SMILES string of the molecule is C=C(Cl)COc1ccc(Br)cc1CN(CC)c1ccc(C(=O)NS(=O)(=O)CCC)cn1. The molecule has 10 heteroatoms. The summed E-state index contributed by atoms with van der Waals surface area (Å²) in [4.78, 5) is 18.6. The van der Waals surface area contributed by atoms with Gasteiger partial charge in [-0.15, -0.1) is 0 Å². The molecule has 1 aromatic heterocycles. The summed E-state index contributed by atoms with van der Waals surface area (Å²) in [7, 11) is -3.64. The first kappa shape index (κ1) is 25.2. The van der Waals surface area contributed by atoms with Gasteiger partial charge in [-0.05, 0) is 43.7 Å². The van der Waals surface area contributed by atoms with E-state index in [0.29, 0.717) is 36.1 Å². The van der Waals surface area contributed by atoms with Crippen molar-refractivity contribution in [3.63, 3.8) is 0 Å². The molecule has 0 atom stereocenters. The van der Waals surface area contributed by atoms with Gasteiger partial charge in [-0.3, -0.25) is 4.79 Å². The number of ether oxygens (including phenoxy) is 1. The molecule has 0 saturated carbocycles. The second-order valence-electron chi connectivity index (χ2n) is 6.73. The molecule has 0 aliphatic heterocycles. The van der Waals surface area contributed by atoms with Gasteiger partial charge in [-0.1, -0.05) is 41.0 Å². The normalized spacial score (nSPS) is 11.1. The smallest absolute Gasteiger partial charge is 0.266 e. The third kappa shape index (κ3) is 7.83. The van der Waals surface area contributed by atoms with Crippen LogP contribution in [0.15, 0.2) is 52.6 Å². The minimum Gasteiger partial charge on any atom is -0.488 e. The zero-order chi connectivity index (χ0) is 23.0. The number of carbonyl (C=O) groups is 1. The summed E-state index contributed by atoms with van der Waals surface area (Å²) in [6.45, 7) is 8.71. The largest absolute Gasteiger partial charge is 0.488 e. The van der Waals surface area contributed by atoms with Crippen molar-refractivity contribution < 1.29 is 17.9 Å². The Morgan fingerprint density at radius 2 is 2.03 bits per heavy atom. The molecule has 2 aromatic rings. The van der Waals surface area contributed by atoms with Gasteiger partial charge in [0.15, 0.2) is 0 Å². The van der Waals surface area contributed by atoms with Crippen molar-refractivity contribution in [2.24, 2.45) is 0 Å². The van der Waals surface area contributed by atoms with Gasteiger partial charge in [-0.25, -0.2) is 18.1 Å². The quantitative estimate of drug-likeness (QED) is 0.461. The minimum atomic E-state index is -3.64. The van der Waals surface area contributed by atoms with Gasteiger partial charge in [-0.2, -0.15) is 0 Å². The highest BCUT2D eigenvalue weighted by Crippen LogP contribution is 2.27. The van der Waals surface area contributed by atoms with Crippen molar-refractivity contribution in [2.75, 3.05) is 23.8 Å². The summed E-state index contributed by atoms with van der Waals surface area (Å²) in [6.07, 6.45) is 1.79. The van der Waals surface area contributed by atoms with Crippen molar-refractivity contribution in [2.45, 2.75) is 26.8 Å². The highest BCUT2D eigenvalue weighted by atomic mass is 79.9. The Morgan fingerprint density at radius 1 is 1.29 bits per heavy atom. The molecule has 31 heavy (non-hydrogen) atoms. The number of aromatic nitrogens is 1. The maximum atomic E-state index is 12.2. The van der Waals surface area contributed by atoms with Crippen molar-refractivity contribution in [1.82, 2.24) is 9.71 Å². The maximum Gasteiger partial charge on any atom is 0.266 e. The molecule has 0 aliphatic rings. The average molecular weight is 531 g/mol. The number of amides is 1. The monoisotopic (exact) mass is 529 g/mol. The molecule has 0 unspecified atom stereocenters. The van der Waals surface area contributed by atoms with E-state index in [9.17, 15) is 13.2 Å². The number of hydrogen-bond donors (Lipinski definition) is 1. The van der Waals surface area contributed by atoms with Crippen LogP contribution in [-0.4, -0.2) is 38.2 Å². The number of rotatable bonds is 11. The van der Waals surface area contributed by atoms with E-state index in [2.05, 4.69) is 32.2 Å². The summed E-state index contributed by atoms with van der Waals surface area (Å²) in [5.74, 6) is 0.519. The predicted octanol–water partition coefficient (Wildman–Crippen LogP) is 4.47. The molecule has 168 valence electrons. The van der Waals surface area contributed by atoms with Crippen molar-refractivity contribution in [3.8, 4) is 5.75 Å². The molecule has 1 heterocycles. The van der Waals surface area contributed by atoms with Crippen LogP contribution in [0.25, 0.3) is 0 Å². The van der Waals surface area contributed by atoms with Crippen LogP contribution >= 0.6 is 27.5 Å². The van der Waals surface area contributed by atoms with Gasteiger partial charge < -0.3 is 9.64 Å². The van der Waals surface area contributed by atoms with E-state index in [-0.39, 0.29) is 17.9 Å². The van der Waals surface area contributed by atoms with E-state index in [4.69, 9.17) is 16.3 Å². The van der Waals surface area contributed by atoms with E-state index in [1.165, 1.54) is 6.20 Å². The molecule has 0 aliphatic carbocycles. The molecule has 0 spiro atoms. The summed E-state index contributed by atoms with van der Waals surface area (Å²) in [5.41, 5.74) is 1.09. The van der Waals surface area contributed by atoms with Crippen LogP contribution in [0, 0.1) is 0 Å². The standard InChI is InChI=1S/C21H25BrClN3O4S/c1-4-10-31(28,29)25-21(27)16-6-9-20(24-12-16)26(5-2)13-17-11-18(22)7-8-19(17)30-14-15(3)23/h6-9,11-12H,3-5,10,13-14H2,1-2H3,(H,25,27). The molecular formula is C21H25BrClN3O4S. The van der Waals surface area contributed by atoms with Gasteiger partial charge in [0, 0.05) is 34.4 Å². The molecule has 1 aromatic carbocycles. The highest BCUT2D eigenvalue weighted by molar-refractivity contribution is 9.10. The third-order valence-electron chi connectivity index (χ3n) is 4.20.